The Hall–Kier alpha value is -4.48. The third-order valence-corrected chi connectivity index (χ3v) is 7.38. The molecule has 42 heavy (non-hydrogen) atoms. The smallest absolute Gasteiger partial charge is 0.337 e. The molecule has 0 spiro atoms. The molecule has 1 fully saturated rings. The van der Waals surface area contributed by atoms with Crippen molar-refractivity contribution >= 4 is 58.5 Å². The van der Waals surface area contributed by atoms with Gasteiger partial charge in [0.25, 0.3) is 11.8 Å². The molecule has 2 aromatic carbocycles. The lowest BCUT2D eigenvalue weighted by atomic mass is 9.99. The van der Waals surface area contributed by atoms with E-state index in [1.807, 2.05) is 0 Å². The molecule has 4 rings (SSSR count). The number of hydrogen-bond acceptors (Lipinski definition) is 6. The van der Waals surface area contributed by atoms with Crippen LogP contribution < -0.4 is 10.6 Å². The highest BCUT2D eigenvalue weighted by atomic mass is 35.5. The molecule has 2 unspecified atom stereocenters. The van der Waals surface area contributed by atoms with Gasteiger partial charge in [-0.3, -0.25) is 19.4 Å². The van der Waals surface area contributed by atoms with E-state index in [0.29, 0.717) is 30.5 Å². The van der Waals surface area contributed by atoms with Gasteiger partial charge in [0.05, 0.1) is 26.7 Å². The second-order valence-corrected chi connectivity index (χ2v) is 10.4. The highest BCUT2D eigenvalue weighted by Gasteiger charge is 2.35. The Kier molecular flexibility index (Phi) is 9.76. The number of rotatable bonds is 9. The van der Waals surface area contributed by atoms with Gasteiger partial charge in [0, 0.05) is 31.0 Å². The predicted octanol–water partition coefficient (Wildman–Crippen LogP) is 4.15. The maximum absolute atomic E-state index is 13.2. The molecule has 0 radical (unpaired) electrons. The standard InChI is InChI=1S/C29H26Cl2N4O7/c30-20-4-3-5-21(31)24(20)26(37)33-19-9-7-16(8-10-19)12-22(29(41)42)34-25(36)23-6-1-2-11-35(23)27(38)17-13-18(28(39)40)15-32-14-17/h3-5,7-10,13-15,22-23H,1-2,6,11-12H2,(H,33,37)(H,34,36)(H,39,40)(H,41,42). The zero-order chi connectivity index (χ0) is 30.4. The first kappa shape index (κ1) is 30.5. The Morgan fingerprint density at radius 2 is 1.62 bits per heavy atom. The molecule has 2 heterocycles. The van der Waals surface area contributed by atoms with Crippen molar-refractivity contribution in [1.82, 2.24) is 15.2 Å². The summed E-state index contributed by atoms with van der Waals surface area (Å²) < 4.78 is 0. The first-order valence-electron chi connectivity index (χ1n) is 12.9. The molecule has 3 amide bonds. The van der Waals surface area contributed by atoms with Crippen molar-refractivity contribution in [1.29, 1.82) is 0 Å². The maximum atomic E-state index is 13.2. The van der Waals surface area contributed by atoms with Crippen LogP contribution >= 0.6 is 23.2 Å². The number of hydrogen-bond donors (Lipinski definition) is 4. The molecule has 218 valence electrons. The number of carboxylic acids is 2. The van der Waals surface area contributed by atoms with Crippen LogP contribution in [0.25, 0.3) is 0 Å². The number of pyridine rings is 1. The zero-order valence-corrected chi connectivity index (χ0v) is 23.6. The Morgan fingerprint density at radius 1 is 0.952 bits per heavy atom. The second kappa shape index (κ2) is 13.5. The van der Waals surface area contributed by atoms with Crippen LogP contribution in [0.4, 0.5) is 5.69 Å². The number of carboxylic acid groups (broad SMARTS) is 2. The first-order valence-corrected chi connectivity index (χ1v) is 13.7. The molecular weight excluding hydrogens is 587 g/mol. The van der Waals surface area contributed by atoms with Gasteiger partial charge < -0.3 is 25.7 Å². The minimum Gasteiger partial charge on any atom is -0.480 e. The van der Waals surface area contributed by atoms with Crippen molar-refractivity contribution < 1.29 is 34.2 Å². The largest absolute Gasteiger partial charge is 0.480 e. The van der Waals surface area contributed by atoms with Crippen molar-refractivity contribution in [2.24, 2.45) is 0 Å². The molecule has 0 aliphatic carbocycles. The number of nitrogens with one attached hydrogen (secondary N) is 2. The van der Waals surface area contributed by atoms with E-state index in [9.17, 15) is 34.2 Å². The number of likely N-dealkylation sites (tertiary alicyclic amines) is 1. The number of aliphatic carboxylic acids is 1. The number of nitrogens with zero attached hydrogens (tertiary/aromatic N) is 2. The van der Waals surface area contributed by atoms with E-state index in [4.69, 9.17) is 23.2 Å². The lowest BCUT2D eigenvalue weighted by molar-refractivity contribution is -0.142. The Bertz CT molecular complexity index is 1510. The topological polar surface area (TPSA) is 166 Å². The van der Waals surface area contributed by atoms with Gasteiger partial charge in [-0.25, -0.2) is 9.59 Å². The minimum atomic E-state index is -1.30. The second-order valence-electron chi connectivity index (χ2n) is 9.63. The quantitative estimate of drug-likeness (QED) is 0.280. The Morgan fingerprint density at radius 3 is 2.26 bits per heavy atom. The van der Waals surface area contributed by atoms with E-state index in [1.165, 1.54) is 17.2 Å². The van der Waals surface area contributed by atoms with Gasteiger partial charge >= 0.3 is 11.9 Å². The van der Waals surface area contributed by atoms with Crippen molar-refractivity contribution in [3.05, 3.63) is 93.2 Å². The summed E-state index contributed by atoms with van der Waals surface area (Å²) in [6.45, 7) is 0.249. The number of amides is 3. The van der Waals surface area contributed by atoms with Gasteiger partial charge in [-0.05, 0) is 55.2 Å². The van der Waals surface area contributed by atoms with Gasteiger partial charge in [0.15, 0.2) is 0 Å². The molecule has 0 saturated carbocycles. The van der Waals surface area contributed by atoms with Crippen molar-refractivity contribution in [2.45, 2.75) is 37.8 Å². The lowest BCUT2D eigenvalue weighted by Gasteiger charge is -2.35. The number of piperidine rings is 1. The minimum absolute atomic E-state index is 0.0216. The average molecular weight is 613 g/mol. The van der Waals surface area contributed by atoms with Crippen LogP contribution in [0.1, 0.15) is 55.9 Å². The first-order chi connectivity index (χ1) is 20.0. The average Bonchev–Trinajstić information content (AvgIpc) is 2.97. The van der Waals surface area contributed by atoms with Crippen molar-refractivity contribution in [2.75, 3.05) is 11.9 Å². The molecule has 1 aromatic heterocycles. The van der Waals surface area contributed by atoms with E-state index in [0.717, 1.165) is 6.20 Å². The third kappa shape index (κ3) is 7.23. The number of aromatic nitrogens is 1. The normalized spacial score (nSPS) is 15.4. The summed E-state index contributed by atoms with van der Waals surface area (Å²) in [5, 5.41) is 24.7. The monoisotopic (exact) mass is 612 g/mol. The van der Waals surface area contributed by atoms with E-state index in [-0.39, 0.29) is 39.7 Å². The van der Waals surface area contributed by atoms with E-state index < -0.39 is 41.7 Å². The summed E-state index contributed by atoms with van der Waals surface area (Å²) in [4.78, 5) is 67.5. The van der Waals surface area contributed by atoms with Crippen molar-refractivity contribution in [3.8, 4) is 0 Å². The molecule has 0 bridgehead atoms. The summed E-state index contributed by atoms with van der Waals surface area (Å²) in [6, 6.07) is 10.1. The molecule has 1 saturated heterocycles. The van der Waals surface area contributed by atoms with E-state index >= 15 is 0 Å². The lowest BCUT2D eigenvalue weighted by Crippen LogP contribution is -2.55. The predicted molar refractivity (Wildman–Crippen MR) is 154 cm³/mol. The number of benzene rings is 2. The fourth-order valence-electron chi connectivity index (χ4n) is 4.62. The summed E-state index contributed by atoms with van der Waals surface area (Å²) in [5.41, 5.74) is 0.981. The Labute approximate surface area is 250 Å². The summed E-state index contributed by atoms with van der Waals surface area (Å²) in [7, 11) is 0. The van der Waals surface area contributed by atoms with Crippen molar-refractivity contribution in [3.63, 3.8) is 0 Å². The van der Waals surface area contributed by atoms with E-state index in [2.05, 4.69) is 15.6 Å². The van der Waals surface area contributed by atoms with E-state index in [1.54, 1.807) is 42.5 Å². The number of carbonyl (C=O) groups excluding carboxylic acids is 3. The van der Waals surface area contributed by atoms with Crippen LogP contribution in [0.15, 0.2) is 60.9 Å². The molecule has 11 nitrogen and oxygen atoms in total. The van der Waals surface area contributed by atoms with Gasteiger partial charge in [0.1, 0.15) is 12.1 Å². The van der Waals surface area contributed by atoms with Gasteiger partial charge in [-0.2, -0.15) is 0 Å². The molecule has 3 aromatic rings. The zero-order valence-electron chi connectivity index (χ0n) is 22.0. The molecule has 2 atom stereocenters. The fourth-order valence-corrected chi connectivity index (χ4v) is 5.19. The number of aromatic carboxylic acids is 1. The maximum Gasteiger partial charge on any atom is 0.337 e. The van der Waals surface area contributed by atoms with Gasteiger partial charge in [-0.1, -0.05) is 41.4 Å². The van der Waals surface area contributed by atoms with Crippen LogP contribution in [0, 0.1) is 0 Å². The van der Waals surface area contributed by atoms with Crippen LogP contribution in [-0.2, 0) is 16.0 Å². The summed E-state index contributed by atoms with van der Waals surface area (Å²) >= 11 is 12.2. The van der Waals surface area contributed by atoms with Crippen LogP contribution in [-0.4, -0.2) is 68.4 Å². The SMILES string of the molecule is O=C(O)c1cncc(C(=O)N2CCCCC2C(=O)NC(Cc2ccc(NC(=O)c3c(Cl)cccc3Cl)cc2)C(=O)O)c1. The molecule has 1 aliphatic rings. The third-order valence-electron chi connectivity index (χ3n) is 6.75. The highest BCUT2D eigenvalue weighted by molar-refractivity contribution is 6.40. The van der Waals surface area contributed by atoms with Gasteiger partial charge in [-0.15, -0.1) is 0 Å². The molecule has 1 aliphatic heterocycles. The number of anilines is 1. The van der Waals surface area contributed by atoms with Crippen LogP contribution in [0.5, 0.6) is 0 Å². The highest BCUT2D eigenvalue weighted by Crippen LogP contribution is 2.26. The summed E-state index contributed by atoms with van der Waals surface area (Å²) in [6.07, 6.45) is 3.89. The van der Waals surface area contributed by atoms with Crippen LogP contribution in [0.2, 0.25) is 10.0 Å². The Balaban J connectivity index is 1.43. The number of halogens is 2. The molecule has 4 N–H and O–H groups in total. The summed E-state index contributed by atoms with van der Waals surface area (Å²) in [5.74, 6) is -4.20. The molecule has 13 heteroatoms. The molecular formula is C29H26Cl2N4O7. The fraction of sp³-hybridized carbons (Fsp3) is 0.241. The van der Waals surface area contributed by atoms with Gasteiger partial charge in [0.2, 0.25) is 5.91 Å². The number of carbonyl (C=O) groups is 5. The van der Waals surface area contributed by atoms with Crippen LogP contribution in [0.3, 0.4) is 0 Å².